The van der Waals surface area contributed by atoms with E-state index in [1.807, 2.05) is 18.2 Å². The lowest BCUT2D eigenvalue weighted by atomic mass is 10.3. The average molecular weight is 312 g/mol. The van der Waals surface area contributed by atoms with Crippen LogP contribution in [0, 0.1) is 0 Å². The van der Waals surface area contributed by atoms with Gasteiger partial charge in [0.25, 0.3) is 0 Å². The third kappa shape index (κ3) is 3.48. The molecular formula is C13H14BrNOS. The topological polar surface area (TPSA) is 21.3 Å². The van der Waals surface area contributed by atoms with Gasteiger partial charge in [-0.1, -0.05) is 6.07 Å². The molecule has 90 valence electrons. The Kier molecular flexibility index (Phi) is 4.45. The van der Waals surface area contributed by atoms with Crippen LogP contribution in [0.2, 0.25) is 0 Å². The second kappa shape index (κ2) is 6.07. The Labute approximate surface area is 114 Å². The van der Waals surface area contributed by atoms with E-state index in [0.717, 1.165) is 28.9 Å². The highest BCUT2D eigenvalue weighted by Crippen LogP contribution is 2.27. The molecule has 0 fully saturated rings. The Morgan fingerprint density at radius 3 is 2.94 bits per heavy atom. The summed E-state index contributed by atoms with van der Waals surface area (Å²) in [5.74, 6) is 0.853. The molecule has 0 amide bonds. The first-order chi connectivity index (χ1) is 8.29. The minimum Gasteiger partial charge on any atom is -0.495 e. The van der Waals surface area contributed by atoms with Crippen LogP contribution in [0.3, 0.4) is 0 Å². The molecule has 2 rings (SSSR count). The highest BCUT2D eigenvalue weighted by Gasteiger charge is 2.01. The maximum absolute atomic E-state index is 5.25. The summed E-state index contributed by atoms with van der Waals surface area (Å²) in [5.41, 5.74) is 1.08. The van der Waals surface area contributed by atoms with E-state index in [1.165, 1.54) is 4.88 Å². The van der Waals surface area contributed by atoms with E-state index in [-0.39, 0.29) is 0 Å². The summed E-state index contributed by atoms with van der Waals surface area (Å²) in [6, 6.07) is 10.3. The van der Waals surface area contributed by atoms with Gasteiger partial charge in [0.05, 0.1) is 11.6 Å². The number of hydrogen-bond acceptors (Lipinski definition) is 3. The van der Waals surface area contributed by atoms with Crippen LogP contribution in [0.25, 0.3) is 0 Å². The van der Waals surface area contributed by atoms with Crippen molar-refractivity contribution in [3.05, 3.63) is 45.1 Å². The SMILES string of the molecule is COc1cc(NCCc2cccs2)ccc1Br. The Bertz CT molecular complexity index is 470. The molecule has 0 atom stereocenters. The van der Waals surface area contributed by atoms with Gasteiger partial charge in [0.1, 0.15) is 5.75 Å². The quantitative estimate of drug-likeness (QED) is 0.894. The largest absolute Gasteiger partial charge is 0.495 e. The van der Waals surface area contributed by atoms with Crippen LogP contribution < -0.4 is 10.1 Å². The number of hydrogen-bond donors (Lipinski definition) is 1. The monoisotopic (exact) mass is 311 g/mol. The third-order valence-electron chi connectivity index (χ3n) is 2.43. The number of thiophene rings is 1. The molecule has 0 unspecified atom stereocenters. The maximum atomic E-state index is 5.25. The molecule has 2 aromatic rings. The summed E-state index contributed by atoms with van der Waals surface area (Å²) in [7, 11) is 1.68. The van der Waals surface area contributed by atoms with Crippen LogP contribution in [-0.2, 0) is 6.42 Å². The van der Waals surface area contributed by atoms with Gasteiger partial charge in [-0.25, -0.2) is 0 Å². The lowest BCUT2D eigenvalue weighted by Gasteiger charge is -2.08. The van der Waals surface area contributed by atoms with Crippen LogP contribution >= 0.6 is 27.3 Å². The Balaban J connectivity index is 1.90. The highest BCUT2D eigenvalue weighted by atomic mass is 79.9. The molecule has 4 heteroatoms. The average Bonchev–Trinajstić information content (AvgIpc) is 2.84. The van der Waals surface area contributed by atoms with Crippen molar-refractivity contribution in [2.45, 2.75) is 6.42 Å². The minimum atomic E-state index is 0.853. The number of ether oxygens (including phenoxy) is 1. The van der Waals surface area contributed by atoms with E-state index in [9.17, 15) is 0 Å². The number of rotatable bonds is 5. The molecule has 0 aliphatic rings. The van der Waals surface area contributed by atoms with E-state index in [0.29, 0.717) is 0 Å². The number of anilines is 1. The lowest BCUT2D eigenvalue weighted by Crippen LogP contribution is -2.03. The highest BCUT2D eigenvalue weighted by molar-refractivity contribution is 9.10. The molecule has 1 aromatic heterocycles. The molecule has 0 aliphatic heterocycles. The second-order valence-electron chi connectivity index (χ2n) is 3.61. The first kappa shape index (κ1) is 12.5. The minimum absolute atomic E-state index is 0.853. The predicted octanol–water partition coefficient (Wildman–Crippen LogP) is 4.17. The third-order valence-corrected chi connectivity index (χ3v) is 4.02. The molecule has 0 spiro atoms. The van der Waals surface area contributed by atoms with Crippen molar-refractivity contribution in [3.8, 4) is 5.75 Å². The fourth-order valence-electron chi connectivity index (χ4n) is 1.55. The fourth-order valence-corrected chi connectivity index (χ4v) is 2.67. The van der Waals surface area contributed by atoms with Crippen molar-refractivity contribution in [3.63, 3.8) is 0 Å². The molecule has 0 saturated carbocycles. The zero-order valence-corrected chi connectivity index (χ0v) is 12.0. The molecule has 1 N–H and O–H groups in total. The molecule has 1 aromatic carbocycles. The van der Waals surface area contributed by atoms with Crippen LogP contribution in [0.15, 0.2) is 40.2 Å². The second-order valence-corrected chi connectivity index (χ2v) is 5.49. The van der Waals surface area contributed by atoms with E-state index >= 15 is 0 Å². The molecule has 0 saturated heterocycles. The van der Waals surface area contributed by atoms with Crippen molar-refractivity contribution in [2.24, 2.45) is 0 Å². The summed E-state index contributed by atoms with van der Waals surface area (Å²) in [6.45, 7) is 0.936. The van der Waals surface area contributed by atoms with Crippen molar-refractivity contribution in [2.75, 3.05) is 19.0 Å². The summed E-state index contributed by atoms with van der Waals surface area (Å²) >= 11 is 5.24. The van der Waals surface area contributed by atoms with Crippen LogP contribution in [-0.4, -0.2) is 13.7 Å². The first-order valence-corrected chi connectivity index (χ1v) is 7.06. The van der Waals surface area contributed by atoms with Gasteiger partial charge in [-0.05, 0) is 45.9 Å². The molecule has 1 heterocycles. The van der Waals surface area contributed by atoms with E-state index in [4.69, 9.17) is 4.74 Å². The van der Waals surface area contributed by atoms with Crippen LogP contribution in [0.4, 0.5) is 5.69 Å². The number of nitrogens with one attached hydrogen (secondary N) is 1. The van der Waals surface area contributed by atoms with E-state index in [2.05, 4.69) is 38.8 Å². The fraction of sp³-hybridized carbons (Fsp3) is 0.231. The zero-order chi connectivity index (χ0) is 12.1. The Morgan fingerprint density at radius 2 is 2.24 bits per heavy atom. The van der Waals surface area contributed by atoms with Gasteiger partial charge in [0, 0.05) is 23.2 Å². The summed E-state index contributed by atoms with van der Waals surface area (Å²) in [5, 5.41) is 5.50. The lowest BCUT2D eigenvalue weighted by molar-refractivity contribution is 0.412. The van der Waals surface area contributed by atoms with Gasteiger partial charge in [-0.3, -0.25) is 0 Å². The molecule has 0 radical (unpaired) electrons. The summed E-state index contributed by atoms with van der Waals surface area (Å²) in [4.78, 5) is 1.40. The van der Waals surface area contributed by atoms with Crippen molar-refractivity contribution in [1.82, 2.24) is 0 Å². The van der Waals surface area contributed by atoms with Crippen molar-refractivity contribution in [1.29, 1.82) is 0 Å². The van der Waals surface area contributed by atoms with Gasteiger partial charge in [-0.15, -0.1) is 11.3 Å². The summed E-state index contributed by atoms with van der Waals surface area (Å²) < 4.78 is 6.23. The van der Waals surface area contributed by atoms with Gasteiger partial charge in [-0.2, -0.15) is 0 Å². The van der Waals surface area contributed by atoms with Crippen LogP contribution in [0.5, 0.6) is 5.75 Å². The first-order valence-electron chi connectivity index (χ1n) is 5.39. The Morgan fingerprint density at radius 1 is 1.35 bits per heavy atom. The van der Waals surface area contributed by atoms with E-state index in [1.54, 1.807) is 18.4 Å². The number of methoxy groups -OCH3 is 1. The van der Waals surface area contributed by atoms with Crippen molar-refractivity contribution < 1.29 is 4.74 Å². The molecular weight excluding hydrogens is 298 g/mol. The smallest absolute Gasteiger partial charge is 0.135 e. The van der Waals surface area contributed by atoms with E-state index < -0.39 is 0 Å². The molecule has 0 aliphatic carbocycles. The summed E-state index contributed by atoms with van der Waals surface area (Å²) in [6.07, 6.45) is 1.05. The Hall–Kier alpha value is -1.00. The number of halogens is 1. The predicted molar refractivity (Wildman–Crippen MR) is 77.2 cm³/mol. The molecule has 17 heavy (non-hydrogen) atoms. The molecule has 0 bridgehead atoms. The van der Waals surface area contributed by atoms with Gasteiger partial charge in [0.2, 0.25) is 0 Å². The standard InChI is InChI=1S/C13H14BrNOS/c1-16-13-9-10(4-5-12(13)14)15-7-6-11-3-2-8-17-11/h2-5,8-9,15H,6-7H2,1H3. The van der Waals surface area contributed by atoms with Gasteiger partial charge >= 0.3 is 0 Å². The van der Waals surface area contributed by atoms with Crippen LogP contribution in [0.1, 0.15) is 4.88 Å². The molecule has 2 nitrogen and oxygen atoms in total. The number of benzene rings is 1. The van der Waals surface area contributed by atoms with Gasteiger partial charge < -0.3 is 10.1 Å². The normalized spacial score (nSPS) is 10.2. The maximum Gasteiger partial charge on any atom is 0.135 e. The zero-order valence-electron chi connectivity index (χ0n) is 9.57. The van der Waals surface area contributed by atoms with Crippen molar-refractivity contribution >= 4 is 33.0 Å². The van der Waals surface area contributed by atoms with Gasteiger partial charge in [0.15, 0.2) is 0 Å².